The first-order chi connectivity index (χ1) is 12.1. The lowest BCUT2D eigenvalue weighted by Gasteiger charge is -2.40. The number of ether oxygens (including phenoxy) is 1. The van der Waals surface area contributed by atoms with Crippen molar-refractivity contribution in [3.05, 3.63) is 52.2 Å². The monoisotopic (exact) mass is 356 g/mol. The van der Waals surface area contributed by atoms with Crippen LogP contribution in [0.2, 0.25) is 0 Å². The topological polar surface area (TPSA) is 49.9 Å². The highest BCUT2D eigenvalue weighted by Crippen LogP contribution is 2.33. The zero-order chi connectivity index (χ0) is 17.4. The smallest absolute Gasteiger partial charge is 0.264 e. The van der Waals surface area contributed by atoms with Gasteiger partial charge >= 0.3 is 0 Å². The van der Waals surface area contributed by atoms with Gasteiger partial charge in [0.1, 0.15) is 12.2 Å². The van der Waals surface area contributed by atoms with Gasteiger partial charge in [-0.1, -0.05) is 18.2 Å². The molecule has 2 fully saturated rings. The number of hydrogen-bond donors (Lipinski definition) is 0. The predicted octanol–water partition coefficient (Wildman–Crippen LogP) is 2.70. The highest BCUT2D eigenvalue weighted by atomic mass is 32.1. The van der Waals surface area contributed by atoms with Gasteiger partial charge in [-0.3, -0.25) is 9.59 Å². The van der Waals surface area contributed by atoms with Crippen LogP contribution in [0.1, 0.15) is 21.0 Å². The van der Waals surface area contributed by atoms with Crippen LogP contribution in [0.15, 0.2) is 42.5 Å². The van der Waals surface area contributed by atoms with Crippen LogP contribution in [-0.4, -0.2) is 48.6 Å². The van der Waals surface area contributed by atoms with E-state index in [1.807, 2.05) is 54.3 Å². The molecule has 0 N–H and O–H groups in total. The van der Waals surface area contributed by atoms with Gasteiger partial charge in [-0.25, -0.2) is 0 Å². The minimum Gasteiger partial charge on any atom is -0.361 e. The molecule has 130 valence electrons. The number of aryl methyl sites for hydroxylation is 1. The maximum Gasteiger partial charge on any atom is 0.264 e. The van der Waals surface area contributed by atoms with E-state index in [1.165, 1.54) is 11.3 Å². The van der Waals surface area contributed by atoms with Crippen LogP contribution in [-0.2, 0) is 9.53 Å². The molecule has 0 aliphatic carbocycles. The van der Waals surface area contributed by atoms with Gasteiger partial charge in [0.2, 0.25) is 0 Å². The molecule has 1 atom stereocenters. The van der Waals surface area contributed by atoms with Crippen molar-refractivity contribution in [2.24, 2.45) is 0 Å². The quantitative estimate of drug-likeness (QED) is 0.831. The number of nitrogens with zero attached hydrogens (tertiary/aromatic N) is 2. The highest BCUT2D eigenvalue weighted by molar-refractivity contribution is 7.13. The van der Waals surface area contributed by atoms with Gasteiger partial charge in [0.15, 0.2) is 0 Å². The summed E-state index contributed by atoms with van der Waals surface area (Å²) in [6.07, 6.45) is 0.750. The number of para-hydroxylation sites is 1. The second-order valence-corrected chi connectivity index (χ2v) is 7.96. The summed E-state index contributed by atoms with van der Waals surface area (Å²) in [5, 5.41) is 0. The number of thiophene rings is 1. The van der Waals surface area contributed by atoms with Gasteiger partial charge in [0.25, 0.3) is 11.8 Å². The molecule has 5 nitrogen and oxygen atoms in total. The molecule has 0 bridgehead atoms. The summed E-state index contributed by atoms with van der Waals surface area (Å²) in [7, 11) is 0. The van der Waals surface area contributed by atoms with E-state index in [2.05, 4.69) is 0 Å². The van der Waals surface area contributed by atoms with E-state index in [4.69, 9.17) is 4.74 Å². The van der Waals surface area contributed by atoms with Crippen molar-refractivity contribution in [2.75, 3.05) is 31.1 Å². The van der Waals surface area contributed by atoms with Crippen molar-refractivity contribution in [3.63, 3.8) is 0 Å². The summed E-state index contributed by atoms with van der Waals surface area (Å²) >= 11 is 1.52. The summed E-state index contributed by atoms with van der Waals surface area (Å²) in [5.74, 6) is 0.0252. The average Bonchev–Trinajstić information content (AvgIpc) is 3.25. The summed E-state index contributed by atoms with van der Waals surface area (Å²) in [6, 6.07) is 13.5. The van der Waals surface area contributed by atoms with Crippen molar-refractivity contribution in [3.8, 4) is 0 Å². The first-order valence-corrected chi connectivity index (χ1v) is 9.23. The molecule has 2 aliphatic rings. The number of carbonyl (C=O) groups excluding carboxylic acids is 2. The normalized spacial score (nSPS) is 23.5. The van der Waals surface area contributed by atoms with E-state index in [0.717, 1.165) is 21.9 Å². The zero-order valence-electron chi connectivity index (χ0n) is 14.1. The number of anilines is 1. The minimum atomic E-state index is -0.467. The number of benzene rings is 1. The molecule has 6 heteroatoms. The predicted molar refractivity (Wildman–Crippen MR) is 97.1 cm³/mol. The van der Waals surface area contributed by atoms with Crippen molar-refractivity contribution in [1.82, 2.24) is 4.90 Å². The fourth-order valence-electron chi connectivity index (χ4n) is 3.53. The van der Waals surface area contributed by atoms with Crippen molar-refractivity contribution in [2.45, 2.75) is 18.9 Å². The lowest BCUT2D eigenvalue weighted by molar-refractivity contribution is -0.137. The molecular weight excluding hydrogens is 336 g/mol. The zero-order valence-corrected chi connectivity index (χ0v) is 14.9. The molecule has 2 saturated heterocycles. The maximum absolute atomic E-state index is 12.7. The Morgan fingerprint density at radius 1 is 1.16 bits per heavy atom. The van der Waals surface area contributed by atoms with Crippen molar-refractivity contribution < 1.29 is 14.3 Å². The van der Waals surface area contributed by atoms with Gasteiger partial charge in [-0.05, 0) is 37.6 Å². The van der Waals surface area contributed by atoms with Crippen LogP contribution in [0.4, 0.5) is 5.69 Å². The number of amides is 2. The Morgan fingerprint density at radius 2 is 1.96 bits per heavy atom. The Bertz CT molecular complexity index is 804. The van der Waals surface area contributed by atoms with Crippen molar-refractivity contribution >= 4 is 28.8 Å². The van der Waals surface area contributed by atoms with E-state index >= 15 is 0 Å². The van der Waals surface area contributed by atoms with Crippen molar-refractivity contribution in [1.29, 1.82) is 0 Å². The van der Waals surface area contributed by atoms with Gasteiger partial charge < -0.3 is 14.5 Å². The number of carbonyl (C=O) groups is 2. The maximum atomic E-state index is 12.7. The Hall–Kier alpha value is -2.18. The molecule has 2 aliphatic heterocycles. The summed E-state index contributed by atoms with van der Waals surface area (Å²) in [5.41, 5.74) is 0.417. The minimum absolute atomic E-state index is 0.0320. The summed E-state index contributed by atoms with van der Waals surface area (Å²) < 4.78 is 5.93. The van der Waals surface area contributed by atoms with Gasteiger partial charge in [-0.15, -0.1) is 11.3 Å². The largest absolute Gasteiger partial charge is 0.361 e. The highest BCUT2D eigenvalue weighted by Gasteiger charge is 2.46. The average molecular weight is 356 g/mol. The van der Waals surface area contributed by atoms with Crippen LogP contribution in [0.3, 0.4) is 0 Å². The lowest BCUT2D eigenvalue weighted by atomic mass is 10.00. The fraction of sp³-hybridized carbons (Fsp3) is 0.368. The Labute approximate surface area is 150 Å². The lowest BCUT2D eigenvalue weighted by Crippen LogP contribution is -2.56. The molecule has 0 saturated carbocycles. The van der Waals surface area contributed by atoms with Gasteiger partial charge in [0, 0.05) is 17.1 Å². The third kappa shape index (κ3) is 3.07. The van der Waals surface area contributed by atoms with E-state index in [-0.39, 0.29) is 18.4 Å². The number of likely N-dealkylation sites (tertiary alicyclic amines) is 1. The standard InChI is InChI=1S/C19H20N2O3S/c1-14-7-8-16(25-14)18(23)20-10-9-19(12-20)13-21(17(22)11-24-19)15-5-3-2-4-6-15/h2-8H,9-13H2,1H3. The van der Waals surface area contributed by atoms with Crippen LogP contribution in [0.25, 0.3) is 0 Å². The molecule has 1 spiro atoms. The molecule has 1 unspecified atom stereocenters. The van der Waals surface area contributed by atoms with Crippen LogP contribution < -0.4 is 4.90 Å². The van der Waals surface area contributed by atoms with Crippen LogP contribution in [0.5, 0.6) is 0 Å². The molecule has 2 amide bonds. The summed E-state index contributed by atoms with van der Waals surface area (Å²) in [4.78, 5) is 30.5. The molecule has 3 heterocycles. The second kappa shape index (κ2) is 6.28. The number of hydrogen-bond acceptors (Lipinski definition) is 4. The first kappa shape index (κ1) is 16.3. The first-order valence-electron chi connectivity index (χ1n) is 8.41. The SMILES string of the molecule is Cc1ccc(C(=O)N2CCC3(C2)CN(c2ccccc2)C(=O)CO3)s1. The van der Waals surface area contributed by atoms with E-state index in [0.29, 0.717) is 19.6 Å². The molecule has 0 radical (unpaired) electrons. The molecule has 1 aromatic heterocycles. The van der Waals surface area contributed by atoms with E-state index in [1.54, 1.807) is 4.90 Å². The number of rotatable bonds is 2. The third-order valence-electron chi connectivity index (χ3n) is 4.87. The molecular formula is C19H20N2O3S. The Morgan fingerprint density at radius 3 is 2.68 bits per heavy atom. The summed E-state index contributed by atoms with van der Waals surface area (Å²) in [6.45, 7) is 3.74. The molecule has 1 aromatic carbocycles. The number of morpholine rings is 1. The Balaban J connectivity index is 1.51. The van der Waals surface area contributed by atoms with E-state index < -0.39 is 5.60 Å². The second-order valence-electron chi connectivity index (χ2n) is 6.67. The molecule has 25 heavy (non-hydrogen) atoms. The van der Waals surface area contributed by atoms with Crippen LogP contribution in [0, 0.1) is 6.92 Å². The third-order valence-corrected chi connectivity index (χ3v) is 5.86. The fourth-order valence-corrected chi connectivity index (χ4v) is 4.36. The van der Waals surface area contributed by atoms with Crippen LogP contribution >= 0.6 is 11.3 Å². The Kier molecular flexibility index (Phi) is 4.09. The van der Waals surface area contributed by atoms with E-state index in [9.17, 15) is 9.59 Å². The van der Waals surface area contributed by atoms with Gasteiger partial charge in [0.05, 0.1) is 18.0 Å². The van der Waals surface area contributed by atoms with Gasteiger partial charge in [-0.2, -0.15) is 0 Å². The molecule has 2 aromatic rings. The molecule has 4 rings (SSSR count).